The maximum Gasteiger partial charge on any atom is 0.326 e. The van der Waals surface area contributed by atoms with Crippen LogP contribution >= 0.6 is 0 Å². The van der Waals surface area contributed by atoms with Gasteiger partial charge in [0.25, 0.3) is 0 Å². The first-order valence-corrected chi connectivity index (χ1v) is 8.13. The fourth-order valence-corrected chi connectivity index (χ4v) is 2.71. The lowest BCUT2D eigenvalue weighted by atomic mass is 9.83. The summed E-state index contributed by atoms with van der Waals surface area (Å²) >= 11 is 0. The maximum absolute atomic E-state index is 12.7. The van der Waals surface area contributed by atoms with Crippen molar-refractivity contribution in [3.05, 3.63) is 59.7 Å². The van der Waals surface area contributed by atoms with Gasteiger partial charge in [-0.25, -0.2) is 4.79 Å². The molecule has 2 aromatic carbocycles. The molecule has 1 unspecified atom stereocenters. The van der Waals surface area contributed by atoms with Crippen LogP contribution in [0.25, 0.3) is 0 Å². The molecule has 0 fully saturated rings. The van der Waals surface area contributed by atoms with Crippen LogP contribution in [-0.4, -0.2) is 18.2 Å². The number of carbonyl (C=O) groups is 1. The molecule has 0 saturated heterocycles. The summed E-state index contributed by atoms with van der Waals surface area (Å²) in [5.74, 6) is 0. The molecular weight excluding hydrogens is 300 g/mol. The van der Waals surface area contributed by atoms with Crippen molar-refractivity contribution in [2.75, 3.05) is 17.3 Å². The third-order valence-corrected chi connectivity index (χ3v) is 3.99. The third kappa shape index (κ3) is 3.95. The van der Waals surface area contributed by atoms with Crippen molar-refractivity contribution in [1.82, 2.24) is 0 Å². The van der Waals surface area contributed by atoms with E-state index in [-0.39, 0.29) is 11.4 Å². The second kappa shape index (κ2) is 7.05. The highest BCUT2D eigenvalue weighted by atomic mass is 16.3. The van der Waals surface area contributed by atoms with Crippen molar-refractivity contribution in [2.45, 2.75) is 39.2 Å². The molecule has 0 radical (unpaired) electrons. The van der Waals surface area contributed by atoms with Crippen LogP contribution in [0.4, 0.5) is 16.2 Å². The van der Waals surface area contributed by atoms with Gasteiger partial charge in [-0.15, -0.1) is 0 Å². The summed E-state index contributed by atoms with van der Waals surface area (Å²) in [6.45, 7) is 8.01. The zero-order valence-electron chi connectivity index (χ0n) is 15.0. The number of carbonyl (C=O) groups excluding carboxylic acids is 1. The number of hydrogen-bond donors (Lipinski definition) is 2. The van der Waals surface area contributed by atoms with Crippen LogP contribution < -0.4 is 10.2 Å². The fourth-order valence-electron chi connectivity index (χ4n) is 2.71. The van der Waals surface area contributed by atoms with Gasteiger partial charge < -0.3 is 10.4 Å². The van der Waals surface area contributed by atoms with Gasteiger partial charge in [0.05, 0.1) is 11.8 Å². The van der Waals surface area contributed by atoms with Crippen molar-refractivity contribution in [2.24, 2.45) is 0 Å². The van der Waals surface area contributed by atoms with E-state index in [4.69, 9.17) is 0 Å². The van der Waals surface area contributed by atoms with Crippen LogP contribution in [0.15, 0.2) is 48.5 Å². The molecule has 2 aromatic rings. The molecule has 0 aliphatic rings. The number of amides is 2. The quantitative estimate of drug-likeness (QED) is 0.858. The number of para-hydroxylation sites is 2. The summed E-state index contributed by atoms with van der Waals surface area (Å²) in [7, 11) is 1.73. The smallest absolute Gasteiger partial charge is 0.326 e. The van der Waals surface area contributed by atoms with E-state index in [9.17, 15) is 9.90 Å². The highest BCUT2D eigenvalue weighted by Crippen LogP contribution is 2.37. The normalized spacial score (nSPS) is 12.6. The van der Waals surface area contributed by atoms with E-state index in [1.807, 2.05) is 48.5 Å². The summed E-state index contributed by atoms with van der Waals surface area (Å²) < 4.78 is 0. The predicted molar refractivity (Wildman–Crippen MR) is 99.6 cm³/mol. The third-order valence-electron chi connectivity index (χ3n) is 3.99. The van der Waals surface area contributed by atoms with E-state index in [0.29, 0.717) is 0 Å². The molecule has 0 aromatic heterocycles. The zero-order valence-corrected chi connectivity index (χ0v) is 15.0. The standard InChI is InChI=1S/C20H26N2O2/c1-14(23)16-12-9-13-17(20(2,3)4)18(16)22(5)19(24)21-15-10-7-6-8-11-15/h6-14,23H,1-5H3,(H,21,24). The lowest BCUT2D eigenvalue weighted by Gasteiger charge is -2.30. The minimum atomic E-state index is -0.658. The molecule has 0 aliphatic carbocycles. The number of aliphatic hydroxyl groups excluding tert-OH is 1. The molecule has 1 atom stereocenters. The van der Waals surface area contributed by atoms with Crippen LogP contribution in [0.5, 0.6) is 0 Å². The lowest BCUT2D eigenvalue weighted by Crippen LogP contribution is -2.34. The van der Waals surface area contributed by atoms with E-state index in [1.54, 1.807) is 18.9 Å². The number of rotatable bonds is 3. The number of urea groups is 1. The molecular formula is C20H26N2O2. The minimum absolute atomic E-state index is 0.151. The topological polar surface area (TPSA) is 52.6 Å². The van der Waals surface area contributed by atoms with E-state index in [2.05, 4.69) is 26.1 Å². The average Bonchev–Trinajstić information content (AvgIpc) is 2.53. The number of anilines is 2. The maximum atomic E-state index is 12.7. The van der Waals surface area contributed by atoms with Crippen LogP contribution in [0.2, 0.25) is 0 Å². The summed E-state index contributed by atoms with van der Waals surface area (Å²) in [6, 6.07) is 14.9. The minimum Gasteiger partial charge on any atom is -0.389 e. The first kappa shape index (κ1) is 18.0. The Morgan fingerprint density at radius 1 is 1.08 bits per heavy atom. The second-order valence-electron chi connectivity index (χ2n) is 7.02. The number of aliphatic hydroxyl groups is 1. The van der Waals surface area contributed by atoms with Gasteiger partial charge in [-0.2, -0.15) is 0 Å². The van der Waals surface area contributed by atoms with Crippen LogP contribution in [0.1, 0.15) is 44.9 Å². The number of hydrogen-bond acceptors (Lipinski definition) is 2. The first-order valence-electron chi connectivity index (χ1n) is 8.13. The Labute approximate surface area is 144 Å². The van der Waals surface area contributed by atoms with Crippen LogP contribution in [0, 0.1) is 0 Å². The molecule has 4 heteroatoms. The van der Waals surface area contributed by atoms with Crippen molar-refractivity contribution in [3.63, 3.8) is 0 Å². The second-order valence-corrected chi connectivity index (χ2v) is 7.02. The molecule has 2 amide bonds. The number of nitrogens with zero attached hydrogens (tertiary/aromatic N) is 1. The Bertz CT molecular complexity index is 703. The van der Waals surface area contributed by atoms with Crippen LogP contribution in [0.3, 0.4) is 0 Å². The monoisotopic (exact) mass is 326 g/mol. The first-order chi connectivity index (χ1) is 11.2. The number of nitrogens with one attached hydrogen (secondary N) is 1. The Balaban J connectivity index is 2.43. The molecule has 0 spiro atoms. The largest absolute Gasteiger partial charge is 0.389 e. The predicted octanol–water partition coefficient (Wildman–Crippen LogP) is 4.71. The van der Waals surface area contributed by atoms with Gasteiger partial charge in [-0.3, -0.25) is 4.90 Å². The summed E-state index contributed by atoms with van der Waals surface area (Å²) in [4.78, 5) is 14.3. The molecule has 24 heavy (non-hydrogen) atoms. The van der Waals surface area contributed by atoms with E-state index < -0.39 is 6.10 Å². The fraction of sp³-hybridized carbons (Fsp3) is 0.350. The van der Waals surface area contributed by atoms with E-state index in [1.165, 1.54) is 0 Å². The summed E-state index contributed by atoms with van der Waals surface area (Å²) in [5, 5.41) is 13.0. The Morgan fingerprint density at radius 2 is 1.71 bits per heavy atom. The molecule has 128 valence electrons. The summed E-state index contributed by atoms with van der Waals surface area (Å²) in [5.41, 5.74) is 3.11. The van der Waals surface area contributed by atoms with Gasteiger partial charge in [0.1, 0.15) is 0 Å². The highest BCUT2D eigenvalue weighted by Gasteiger charge is 2.26. The Morgan fingerprint density at radius 3 is 2.25 bits per heavy atom. The van der Waals surface area contributed by atoms with Gasteiger partial charge in [0, 0.05) is 18.3 Å². The van der Waals surface area contributed by atoms with Crippen molar-refractivity contribution in [3.8, 4) is 0 Å². The van der Waals surface area contributed by atoms with Crippen molar-refractivity contribution >= 4 is 17.4 Å². The van der Waals surface area contributed by atoms with Gasteiger partial charge in [0.2, 0.25) is 0 Å². The van der Waals surface area contributed by atoms with Gasteiger partial charge in [-0.1, -0.05) is 57.2 Å². The van der Waals surface area contributed by atoms with Gasteiger partial charge >= 0.3 is 6.03 Å². The molecule has 0 saturated carbocycles. The van der Waals surface area contributed by atoms with Gasteiger partial charge in [-0.05, 0) is 30.0 Å². The highest BCUT2D eigenvalue weighted by molar-refractivity contribution is 6.02. The SMILES string of the molecule is CC(O)c1cccc(C(C)(C)C)c1N(C)C(=O)Nc1ccccc1. The lowest BCUT2D eigenvalue weighted by molar-refractivity contribution is 0.199. The van der Waals surface area contributed by atoms with Crippen molar-refractivity contribution in [1.29, 1.82) is 0 Å². The molecule has 0 heterocycles. The molecule has 4 nitrogen and oxygen atoms in total. The Kier molecular flexibility index (Phi) is 5.30. The zero-order chi connectivity index (χ0) is 17.9. The van der Waals surface area contributed by atoms with Crippen molar-refractivity contribution < 1.29 is 9.90 Å². The molecule has 0 bridgehead atoms. The number of benzene rings is 2. The van der Waals surface area contributed by atoms with E-state index in [0.717, 1.165) is 22.5 Å². The summed E-state index contributed by atoms with van der Waals surface area (Å²) in [6.07, 6.45) is -0.658. The molecule has 2 N–H and O–H groups in total. The van der Waals surface area contributed by atoms with Gasteiger partial charge in [0.15, 0.2) is 0 Å². The molecule has 0 aliphatic heterocycles. The molecule has 2 rings (SSSR count). The van der Waals surface area contributed by atoms with E-state index >= 15 is 0 Å². The average molecular weight is 326 g/mol. The Hall–Kier alpha value is -2.33. The van der Waals surface area contributed by atoms with Crippen LogP contribution in [-0.2, 0) is 5.41 Å².